The van der Waals surface area contributed by atoms with Gasteiger partial charge in [0.15, 0.2) is 0 Å². The summed E-state index contributed by atoms with van der Waals surface area (Å²) in [6.45, 7) is 1.51. The van der Waals surface area contributed by atoms with Crippen LogP contribution >= 0.6 is 0 Å². The summed E-state index contributed by atoms with van der Waals surface area (Å²) in [5.74, 6) is -0.108. The van der Waals surface area contributed by atoms with Crippen LogP contribution in [0.5, 0.6) is 0 Å². The van der Waals surface area contributed by atoms with Gasteiger partial charge in [-0.05, 0) is 14.9 Å². The van der Waals surface area contributed by atoms with Gasteiger partial charge < -0.3 is 4.43 Å². The smallest absolute Gasteiger partial charge is 0.289 e. The molecule has 0 saturated carbocycles. The molecule has 1 unspecified atom stereocenters. The third-order valence-corrected chi connectivity index (χ3v) is 15.2. The minimum Gasteiger partial charge on any atom is -0.522 e. The van der Waals surface area contributed by atoms with E-state index in [1.165, 1.54) is 21.9 Å². The van der Waals surface area contributed by atoms with E-state index in [2.05, 4.69) is 12.1 Å². The zero-order valence-corrected chi connectivity index (χ0v) is 12.6. The second-order valence-electron chi connectivity index (χ2n) is 2.92. The van der Waals surface area contributed by atoms with Crippen LogP contribution in [0.15, 0.2) is 30.3 Å². The maximum atomic E-state index is 10.8. The molecule has 1 atom stereocenters. The zero-order valence-electron chi connectivity index (χ0n) is 7.99. The first-order valence-corrected chi connectivity index (χ1v) is 14.4. The van der Waals surface area contributed by atoms with E-state index >= 15 is 0 Å². The van der Waals surface area contributed by atoms with Gasteiger partial charge in [0.05, 0.1) is 0 Å². The van der Waals surface area contributed by atoms with Crippen molar-refractivity contribution in [3.8, 4) is 0 Å². The second kappa shape index (κ2) is 5.15. The van der Waals surface area contributed by atoms with E-state index in [-0.39, 0.29) is 14.5 Å². The predicted octanol–water partition coefficient (Wildman–Crippen LogP) is -1.87. The molecule has 0 radical (unpaired) electrons. The molecule has 2 nitrogen and oxygen atoms in total. The van der Waals surface area contributed by atoms with Gasteiger partial charge in [-0.2, -0.15) is 0 Å². The van der Waals surface area contributed by atoms with Gasteiger partial charge in [0.1, 0.15) is 0 Å². The lowest BCUT2D eigenvalue weighted by atomic mass is 10.4. The Morgan fingerprint density at radius 1 is 1.46 bits per heavy atom. The van der Waals surface area contributed by atoms with Crippen LogP contribution in [0, 0.1) is 0 Å². The van der Waals surface area contributed by atoms with Gasteiger partial charge in [0.25, 0.3) is 5.97 Å². The lowest BCUT2D eigenvalue weighted by Gasteiger charge is -2.12. The molecule has 0 heterocycles. The molecule has 70 valence electrons. The van der Waals surface area contributed by atoms with Crippen molar-refractivity contribution in [2.75, 3.05) is 0 Å². The molecule has 13 heavy (non-hydrogen) atoms. The third-order valence-electron chi connectivity index (χ3n) is 1.85. The normalized spacial score (nSPS) is 13.3. The van der Waals surface area contributed by atoms with Crippen LogP contribution in [0.25, 0.3) is 0 Å². The number of rotatable bonds is 3. The fourth-order valence-corrected chi connectivity index (χ4v) is 12.3. The Bertz CT molecular complexity index is 276. The molecule has 1 aromatic carbocycles. The molecule has 0 aliphatic carbocycles. The van der Waals surface area contributed by atoms with Gasteiger partial charge in [0.2, 0.25) is 8.56 Å². The number of benzene rings is 1. The molecule has 0 amide bonds. The van der Waals surface area contributed by atoms with Crippen molar-refractivity contribution in [1.82, 2.24) is 0 Å². The minimum absolute atomic E-state index is 0.0784. The molecular weight excluding hydrogens is 212 g/mol. The van der Waals surface area contributed by atoms with Crippen LogP contribution < -0.4 is 5.19 Å². The first kappa shape index (κ1) is 10.4. The van der Waals surface area contributed by atoms with E-state index in [1.807, 2.05) is 18.2 Å². The minimum atomic E-state index is -1.28. The highest BCUT2D eigenvalue weighted by molar-refractivity contribution is 7.33. The average Bonchev–Trinajstić information content (AvgIpc) is 2.15. The van der Waals surface area contributed by atoms with E-state index in [0.717, 1.165) is 0 Å². The van der Waals surface area contributed by atoms with E-state index in [9.17, 15) is 4.79 Å². The maximum absolute atomic E-state index is 10.8. The maximum Gasteiger partial charge on any atom is 0.289 e. The van der Waals surface area contributed by atoms with Crippen molar-refractivity contribution in [2.45, 2.75) is 6.92 Å². The summed E-state index contributed by atoms with van der Waals surface area (Å²) in [5, 5.41) is 1.29. The molecular formula is C8H14O2Si3. The summed E-state index contributed by atoms with van der Waals surface area (Å²) < 4.78 is 5.38. The molecule has 5 heteroatoms. The molecule has 0 N–H and O–H groups in total. The van der Waals surface area contributed by atoms with Gasteiger partial charge in [-0.15, -0.1) is 0 Å². The van der Waals surface area contributed by atoms with Crippen molar-refractivity contribution >= 4 is 38.0 Å². The zero-order chi connectivity index (χ0) is 9.68. The summed E-state index contributed by atoms with van der Waals surface area (Å²) in [5.41, 5.74) is 0. The molecule has 0 aliphatic heterocycles. The first-order chi connectivity index (χ1) is 6.24. The van der Waals surface area contributed by atoms with E-state index < -0.39 is 8.56 Å². The molecule has 0 fully saturated rings. The van der Waals surface area contributed by atoms with Gasteiger partial charge in [-0.25, -0.2) is 0 Å². The van der Waals surface area contributed by atoms with Crippen molar-refractivity contribution < 1.29 is 9.22 Å². The lowest BCUT2D eigenvalue weighted by molar-refractivity contribution is -0.131. The van der Waals surface area contributed by atoms with Crippen LogP contribution in [0.4, 0.5) is 0 Å². The average molecular weight is 226 g/mol. The summed E-state index contributed by atoms with van der Waals surface area (Å²) in [6.07, 6.45) is 0. The molecule has 0 bridgehead atoms. The van der Waals surface area contributed by atoms with Crippen molar-refractivity contribution in [3.05, 3.63) is 30.3 Å². The Morgan fingerprint density at radius 3 is 2.54 bits per heavy atom. The quantitative estimate of drug-likeness (QED) is 0.565. The Labute approximate surface area is 84.9 Å². The van der Waals surface area contributed by atoms with Gasteiger partial charge in [-0.1, -0.05) is 30.3 Å². The lowest BCUT2D eigenvalue weighted by Crippen LogP contribution is -2.41. The number of hydrogen-bond acceptors (Lipinski definition) is 2. The predicted molar refractivity (Wildman–Crippen MR) is 63.5 cm³/mol. The van der Waals surface area contributed by atoms with Crippen LogP contribution in [0.2, 0.25) is 0 Å². The van der Waals surface area contributed by atoms with Crippen LogP contribution in [-0.4, -0.2) is 32.8 Å². The topological polar surface area (TPSA) is 26.3 Å². The Hall–Kier alpha value is -0.659. The molecule has 0 saturated heterocycles. The molecule has 1 aromatic rings. The second-order valence-corrected chi connectivity index (χ2v) is 17.6. The fraction of sp³-hybridized carbons (Fsp3) is 0.125. The SMILES string of the molecule is CC(=O)O[SiH]([SiH2][SiH3])c1ccccc1. The van der Waals surface area contributed by atoms with Crippen LogP contribution in [0.1, 0.15) is 6.92 Å². The van der Waals surface area contributed by atoms with Gasteiger partial charge in [0, 0.05) is 15.5 Å². The highest BCUT2D eigenvalue weighted by Crippen LogP contribution is 1.89. The first-order valence-electron chi connectivity index (χ1n) is 4.46. The van der Waals surface area contributed by atoms with Crippen molar-refractivity contribution in [1.29, 1.82) is 0 Å². The summed E-state index contributed by atoms with van der Waals surface area (Å²) in [6, 6.07) is 10.2. The largest absolute Gasteiger partial charge is 0.522 e. The van der Waals surface area contributed by atoms with Crippen LogP contribution in [0.3, 0.4) is 0 Å². The number of carbonyl (C=O) groups excluding carboxylic acids is 1. The molecule has 1 rings (SSSR count). The standard InChI is InChI=1S/C8H14O2Si3/c1-7(9)10-13(12-11)8-5-3-2-4-6-8/h2-6,13H,12H2,1,11H3. The monoisotopic (exact) mass is 226 g/mol. The summed E-state index contributed by atoms with van der Waals surface area (Å²) >= 11 is 0. The van der Waals surface area contributed by atoms with E-state index in [0.29, 0.717) is 0 Å². The molecule has 0 spiro atoms. The van der Waals surface area contributed by atoms with Crippen LogP contribution in [-0.2, 0) is 9.22 Å². The summed E-state index contributed by atoms with van der Waals surface area (Å²) in [7, 11) is -0.121. The Kier molecular flexibility index (Phi) is 4.13. The van der Waals surface area contributed by atoms with Gasteiger partial charge in [-0.3, -0.25) is 4.79 Å². The molecule has 0 aliphatic rings. The van der Waals surface area contributed by atoms with E-state index in [1.54, 1.807) is 0 Å². The highest BCUT2D eigenvalue weighted by Gasteiger charge is 2.14. The Morgan fingerprint density at radius 2 is 2.08 bits per heavy atom. The number of carbonyl (C=O) groups is 1. The molecule has 0 aromatic heterocycles. The Balaban J connectivity index is 2.73. The third kappa shape index (κ3) is 3.29. The number of hydrogen-bond donors (Lipinski definition) is 0. The van der Waals surface area contributed by atoms with Gasteiger partial charge >= 0.3 is 0 Å². The fourth-order valence-electron chi connectivity index (χ4n) is 1.26. The van der Waals surface area contributed by atoms with Crippen molar-refractivity contribution in [2.24, 2.45) is 0 Å². The van der Waals surface area contributed by atoms with E-state index in [4.69, 9.17) is 4.43 Å². The van der Waals surface area contributed by atoms with Crippen molar-refractivity contribution in [3.63, 3.8) is 0 Å². The highest BCUT2D eigenvalue weighted by atomic mass is 29.5. The summed E-state index contributed by atoms with van der Waals surface area (Å²) in [4.78, 5) is 10.8.